The highest BCUT2D eigenvalue weighted by Crippen LogP contribution is 2.29. The molecule has 0 saturated carbocycles. The van der Waals surface area contributed by atoms with E-state index in [1.165, 1.54) is 0 Å². The predicted molar refractivity (Wildman–Crippen MR) is 83.9 cm³/mol. The fourth-order valence-electron chi connectivity index (χ4n) is 2.44. The molecule has 3 nitrogen and oxygen atoms in total. The molecule has 1 aromatic carbocycles. The normalized spacial score (nSPS) is 10.9. The van der Waals surface area contributed by atoms with Crippen LogP contribution in [0.1, 0.15) is 12.6 Å². The molecule has 4 heteroatoms. The third kappa shape index (κ3) is 2.14. The molecular weight excluding hydrogens is 270 g/mol. The Morgan fingerprint density at radius 3 is 2.55 bits per heavy atom. The molecule has 102 valence electrons. The van der Waals surface area contributed by atoms with E-state index in [9.17, 15) is 0 Å². The summed E-state index contributed by atoms with van der Waals surface area (Å²) < 4.78 is 2.05. The van der Waals surface area contributed by atoms with Crippen molar-refractivity contribution in [3.63, 3.8) is 0 Å². The number of halogens is 1. The molecule has 0 N–H and O–H groups in total. The highest BCUT2D eigenvalue weighted by atomic mass is 35.5. The molecule has 0 saturated heterocycles. The summed E-state index contributed by atoms with van der Waals surface area (Å²) in [5, 5.41) is 0. The van der Waals surface area contributed by atoms with Crippen molar-refractivity contribution in [2.45, 2.75) is 12.8 Å². The molecule has 0 bridgehead atoms. The van der Waals surface area contributed by atoms with Gasteiger partial charge < -0.3 is 9.30 Å². The van der Waals surface area contributed by atoms with Gasteiger partial charge >= 0.3 is 0 Å². The number of pyridine rings is 1. The average molecular weight is 286 g/mol. The zero-order valence-corrected chi connectivity index (χ0v) is 12.1. The van der Waals surface area contributed by atoms with Crippen LogP contribution in [-0.4, -0.2) is 15.9 Å². The van der Waals surface area contributed by atoms with Crippen LogP contribution in [0.25, 0.3) is 5.65 Å². The van der Waals surface area contributed by atoms with Crippen LogP contribution in [0.15, 0.2) is 54.7 Å². The summed E-state index contributed by atoms with van der Waals surface area (Å²) in [5.41, 5.74) is 3.07. The van der Waals surface area contributed by atoms with Gasteiger partial charge in [-0.2, -0.15) is 0 Å². The molecule has 2 heterocycles. The van der Waals surface area contributed by atoms with Gasteiger partial charge in [0.2, 0.25) is 0 Å². The third-order valence-corrected chi connectivity index (χ3v) is 3.63. The first-order chi connectivity index (χ1) is 9.85. The highest BCUT2D eigenvalue weighted by molar-refractivity contribution is 6.17. The number of alkyl halides is 1. The zero-order chi connectivity index (χ0) is 13.9. The lowest BCUT2D eigenvalue weighted by atomic mass is 10.2. The second-order valence-electron chi connectivity index (χ2n) is 4.52. The Kier molecular flexibility index (Phi) is 3.61. The lowest BCUT2D eigenvalue weighted by molar-refractivity contribution is 0.981. The molecule has 0 aliphatic carbocycles. The number of rotatable bonds is 4. The first-order valence-electron chi connectivity index (χ1n) is 6.69. The molecule has 0 unspecified atom stereocenters. The lowest BCUT2D eigenvalue weighted by Crippen LogP contribution is -2.17. The van der Waals surface area contributed by atoms with E-state index in [2.05, 4.69) is 24.0 Å². The average Bonchev–Trinajstić information content (AvgIpc) is 2.87. The van der Waals surface area contributed by atoms with E-state index in [-0.39, 0.29) is 0 Å². The molecule has 0 spiro atoms. The predicted octanol–water partition coefficient (Wildman–Crippen LogP) is 4.23. The Balaban J connectivity index is 2.17. The zero-order valence-electron chi connectivity index (χ0n) is 11.3. The standard InChI is InChI=1S/C16H16ClN3/c1-2-19(13-8-4-3-5-9-13)16-14(12-17)20-11-7-6-10-15(20)18-16/h3-11H,2,12H2,1H3. The van der Waals surface area contributed by atoms with Gasteiger partial charge in [0.05, 0.1) is 11.6 Å². The van der Waals surface area contributed by atoms with E-state index in [1.54, 1.807) is 0 Å². The monoisotopic (exact) mass is 285 g/mol. The maximum absolute atomic E-state index is 6.15. The number of fused-ring (bicyclic) bond motifs is 1. The maximum Gasteiger partial charge on any atom is 0.156 e. The molecule has 0 aliphatic heterocycles. The Morgan fingerprint density at radius 1 is 1.10 bits per heavy atom. The van der Waals surface area contributed by atoms with Crippen molar-refractivity contribution in [2.24, 2.45) is 0 Å². The van der Waals surface area contributed by atoms with Crippen molar-refractivity contribution >= 4 is 28.8 Å². The second kappa shape index (κ2) is 5.55. The molecule has 0 amide bonds. The van der Waals surface area contributed by atoms with Crippen molar-refractivity contribution in [3.05, 3.63) is 60.4 Å². The van der Waals surface area contributed by atoms with Crippen LogP contribution in [0.3, 0.4) is 0 Å². The SMILES string of the molecule is CCN(c1ccccc1)c1nc2ccccn2c1CCl. The van der Waals surface area contributed by atoms with Crippen molar-refractivity contribution in [1.29, 1.82) is 0 Å². The van der Waals surface area contributed by atoms with Gasteiger partial charge in [-0.1, -0.05) is 24.3 Å². The van der Waals surface area contributed by atoms with Crippen LogP contribution >= 0.6 is 11.6 Å². The van der Waals surface area contributed by atoms with Gasteiger partial charge in [-0.3, -0.25) is 0 Å². The summed E-state index contributed by atoms with van der Waals surface area (Å²) >= 11 is 6.15. The Hall–Kier alpha value is -2.00. The molecule has 3 rings (SSSR count). The Labute approximate surface area is 123 Å². The van der Waals surface area contributed by atoms with Gasteiger partial charge in [0.15, 0.2) is 5.82 Å². The second-order valence-corrected chi connectivity index (χ2v) is 4.79. The molecule has 0 radical (unpaired) electrons. The Bertz CT molecular complexity index is 706. The van der Waals surface area contributed by atoms with Crippen molar-refractivity contribution in [2.75, 3.05) is 11.4 Å². The largest absolute Gasteiger partial charge is 0.325 e. The van der Waals surface area contributed by atoms with Gasteiger partial charge in [0, 0.05) is 18.4 Å². The summed E-state index contributed by atoms with van der Waals surface area (Å²) in [6.07, 6.45) is 2.00. The van der Waals surface area contributed by atoms with E-state index in [4.69, 9.17) is 16.6 Å². The number of aromatic nitrogens is 2. The smallest absolute Gasteiger partial charge is 0.156 e. The number of para-hydroxylation sites is 1. The van der Waals surface area contributed by atoms with Crippen LogP contribution in [-0.2, 0) is 5.88 Å². The van der Waals surface area contributed by atoms with Crippen LogP contribution in [0.5, 0.6) is 0 Å². The van der Waals surface area contributed by atoms with Crippen molar-refractivity contribution in [1.82, 2.24) is 9.38 Å². The summed E-state index contributed by atoms with van der Waals surface area (Å²) in [5.74, 6) is 1.36. The quantitative estimate of drug-likeness (QED) is 0.669. The molecule has 0 atom stereocenters. The summed E-state index contributed by atoms with van der Waals surface area (Å²) in [4.78, 5) is 6.92. The van der Waals surface area contributed by atoms with Crippen LogP contribution in [0, 0.1) is 0 Å². The van der Waals surface area contributed by atoms with Crippen molar-refractivity contribution in [3.8, 4) is 0 Å². The summed E-state index contributed by atoms with van der Waals surface area (Å²) in [6, 6.07) is 16.2. The Morgan fingerprint density at radius 2 is 1.85 bits per heavy atom. The van der Waals surface area contributed by atoms with Gasteiger partial charge in [0.25, 0.3) is 0 Å². The first-order valence-corrected chi connectivity index (χ1v) is 7.23. The van der Waals surface area contributed by atoms with Crippen LogP contribution < -0.4 is 4.90 Å². The fourth-order valence-corrected chi connectivity index (χ4v) is 2.69. The van der Waals surface area contributed by atoms with Gasteiger partial charge in [-0.05, 0) is 31.2 Å². The molecule has 3 aromatic rings. The van der Waals surface area contributed by atoms with E-state index in [1.807, 2.05) is 47.0 Å². The van der Waals surface area contributed by atoms with E-state index in [0.29, 0.717) is 5.88 Å². The number of hydrogen-bond acceptors (Lipinski definition) is 2. The number of hydrogen-bond donors (Lipinski definition) is 0. The number of nitrogens with zero attached hydrogens (tertiary/aromatic N) is 3. The van der Waals surface area contributed by atoms with Crippen LogP contribution in [0.2, 0.25) is 0 Å². The number of imidazole rings is 1. The minimum Gasteiger partial charge on any atom is -0.325 e. The molecule has 0 fully saturated rings. The van der Waals surface area contributed by atoms with Gasteiger partial charge in [-0.15, -0.1) is 11.6 Å². The topological polar surface area (TPSA) is 20.5 Å². The molecular formula is C16H16ClN3. The maximum atomic E-state index is 6.15. The van der Waals surface area contributed by atoms with Gasteiger partial charge in [0.1, 0.15) is 5.65 Å². The number of benzene rings is 1. The number of anilines is 2. The lowest BCUT2D eigenvalue weighted by Gasteiger charge is -2.21. The van der Waals surface area contributed by atoms with Crippen LogP contribution in [0.4, 0.5) is 11.5 Å². The fraction of sp³-hybridized carbons (Fsp3) is 0.188. The highest BCUT2D eigenvalue weighted by Gasteiger charge is 2.17. The van der Waals surface area contributed by atoms with Crippen molar-refractivity contribution < 1.29 is 0 Å². The summed E-state index contributed by atoms with van der Waals surface area (Å²) in [6.45, 7) is 2.97. The van der Waals surface area contributed by atoms with E-state index >= 15 is 0 Å². The minimum absolute atomic E-state index is 0.434. The third-order valence-electron chi connectivity index (χ3n) is 3.37. The van der Waals surface area contributed by atoms with E-state index < -0.39 is 0 Å². The summed E-state index contributed by atoms with van der Waals surface area (Å²) in [7, 11) is 0. The molecule has 20 heavy (non-hydrogen) atoms. The minimum atomic E-state index is 0.434. The molecule has 0 aliphatic rings. The van der Waals surface area contributed by atoms with Gasteiger partial charge in [-0.25, -0.2) is 4.98 Å². The van der Waals surface area contributed by atoms with E-state index in [0.717, 1.165) is 29.4 Å². The first kappa shape index (κ1) is 13.0. The molecule has 2 aromatic heterocycles.